The number of benzene rings is 6. The highest BCUT2D eigenvalue weighted by atomic mass is 16.6. The molecule has 0 saturated carbocycles. The van der Waals surface area contributed by atoms with Crippen molar-refractivity contribution in [3.8, 4) is 11.5 Å². The number of unbranched alkanes of at least 4 members (excludes halogenated alkanes) is 3. The lowest BCUT2D eigenvalue weighted by Crippen LogP contribution is -2.42. The number of anilines is 2. The number of ether oxygens (including phenoxy) is 12. The van der Waals surface area contributed by atoms with Gasteiger partial charge in [0.25, 0.3) is 0 Å². The van der Waals surface area contributed by atoms with E-state index in [9.17, 15) is 57.5 Å². The standard InChI is InChI=1S/C74H72N2O24/c1-73(43-95-65(81)51-23-11-47(12-24-51)19-33-61(77)89-3,44-96-66(82)52-25-13-48(14-26-52)20-34-62(78)90-4)71(87)99-58-31-32-59(70(86)94-38-10-8-7-9-37-93-69(85)55-39-56(75)41-57(76)40-55)60(42-58)100-72(88)74(2,45-97-67(83)53-27-15-49(16-28-53)21-35-63(79)91-5)46-98-68(84)54-29-17-50(18-30-54)22-36-64(80)92-6/h11-36,39-42H,7-10,37-38,43-46,75-76H2,1-6H3. The van der Waals surface area contributed by atoms with E-state index < -0.39 is 126 Å². The van der Waals surface area contributed by atoms with Crippen LogP contribution in [0.5, 0.6) is 11.5 Å². The van der Waals surface area contributed by atoms with Gasteiger partial charge in [0, 0.05) is 41.7 Å². The van der Waals surface area contributed by atoms with Gasteiger partial charge in [-0.2, -0.15) is 0 Å². The molecule has 0 amide bonds. The molecule has 0 saturated heterocycles. The first kappa shape index (κ1) is 76.5. The second-order valence-corrected chi connectivity index (χ2v) is 22.4. The van der Waals surface area contributed by atoms with Gasteiger partial charge < -0.3 is 68.3 Å². The summed E-state index contributed by atoms with van der Waals surface area (Å²) in [6.45, 7) is -0.898. The van der Waals surface area contributed by atoms with Gasteiger partial charge in [0.2, 0.25) is 0 Å². The molecule has 0 bridgehead atoms. The predicted octanol–water partition coefficient (Wildman–Crippen LogP) is 9.42. The quantitative estimate of drug-likeness (QED) is 0.00966. The topological polar surface area (TPSA) is 368 Å². The lowest BCUT2D eigenvalue weighted by molar-refractivity contribution is -0.150. The number of esters is 12. The van der Waals surface area contributed by atoms with Crippen molar-refractivity contribution in [2.45, 2.75) is 39.5 Å². The maximum Gasteiger partial charge on any atom is 0.341 e. The fourth-order valence-electron chi connectivity index (χ4n) is 8.52. The van der Waals surface area contributed by atoms with Crippen LogP contribution in [0, 0.1) is 10.8 Å². The molecule has 0 aliphatic heterocycles. The number of carbonyl (C=O) groups excluding carboxylic acids is 12. The van der Waals surface area contributed by atoms with Crippen LogP contribution < -0.4 is 20.9 Å². The fraction of sp³-hybridized carbons (Fsp3) is 0.243. The van der Waals surface area contributed by atoms with E-state index in [2.05, 4.69) is 18.9 Å². The Labute approximate surface area is 574 Å². The molecular weight excluding hydrogens is 1300 g/mol. The second-order valence-electron chi connectivity index (χ2n) is 22.4. The van der Waals surface area contributed by atoms with Crippen molar-refractivity contribution < 1.29 is 114 Å². The highest BCUT2D eigenvalue weighted by Crippen LogP contribution is 2.33. The normalized spacial score (nSPS) is 12.3. The van der Waals surface area contributed by atoms with Crippen LogP contribution in [0.25, 0.3) is 24.3 Å². The van der Waals surface area contributed by atoms with Gasteiger partial charge in [-0.05, 0) is 165 Å². The summed E-state index contributed by atoms with van der Waals surface area (Å²) in [6, 6.07) is 30.7. The predicted molar refractivity (Wildman–Crippen MR) is 359 cm³/mol. The van der Waals surface area contributed by atoms with Crippen molar-refractivity contribution in [2.24, 2.45) is 10.8 Å². The fourth-order valence-corrected chi connectivity index (χ4v) is 8.52. The van der Waals surface area contributed by atoms with E-state index in [1.807, 2.05) is 0 Å². The van der Waals surface area contributed by atoms with Gasteiger partial charge in [-0.15, -0.1) is 0 Å². The maximum absolute atomic E-state index is 14.9. The van der Waals surface area contributed by atoms with Gasteiger partial charge in [-0.3, -0.25) is 9.59 Å². The zero-order valence-electron chi connectivity index (χ0n) is 55.3. The molecule has 0 unspecified atom stereocenters. The lowest BCUT2D eigenvalue weighted by Gasteiger charge is -2.27. The minimum absolute atomic E-state index is 0.00964. The van der Waals surface area contributed by atoms with Crippen LogP contribution in [-0.2, 0) is 76.1 Å². The average Bonchev–Trinajstić information content (AvgIpc) is 0.808. The van der Waals surface area contributed by atoms with Crippen molar-refractivity contribution in [1.82, 2.24) is 0 Å². The summed E-state index contributed by atoms with van der Waals surface area (Å²) in [5.74, 6) is -11.4. The molecule has 26 nitrogen and oxygen atoms in total. The van der Waals surface area contributed by atoms with Gasteiger partial charge in [0.05, 0.1) is 69.5 Å². The van der Waals surface area contributed by atoms with Gasteiger partial charge in [0.1, 0.15) is 54.3 Å². The zero-order chi connectivity index (χ0) is 72.8. The number of hydrogen-bond acceptors (Lipinski definition) is 26. The van der Waals surface area contributed by atoms with E-state index in [0.717, 1.165) is 30.4 Å². The number of methoxy groups -OCH3 is 4. The van der Waals surface area contributed by atoms with Crippen LogP contribution in [0.2, 0.25) is 0 Å². The Hall–Kier alpha value is -12.5. The molecule has 0 spiro atoms. The van der Waals surface area contributed by atoms with E-state index in [4.69, 9.17) is 49.4 Å². The number of carbonyl (C=O) groups is 12. The first-order valence-corrected chi connectivity index (χ1v) is 30.6. The van der Waals surface area contributed by atoms with E-state index in [-0.39, 0.29) is 41.0 Å². The van der Waals surface area contributed by atoms with Crippen LogP contribution in [-0.4, -0.2) is 140 Å². The van der Waals surface area contributed by atoms with Gasteiger partial charge >= 0.3 is 71.6 Å². The third-order valence-corrected chi connectivity index (χ3v) is 14.4. The average molecular weight is 1370 g/mol. The highest BCUT2D eigenvalue weighted by molar-refractivity contribution is 5.97. The molecule has 0 radical (unpaired) electrons. The first-order valence-electron chi connectivity index (χ1n) is 30.6. The van der Waals surface area contributed by atoms with Gasteiger partial charge in [0.15, 0.2) is 0 Å². The first-order chi connectivity index (χ1) is 47.8. The Balaban J connectivity index is 1.30. The Morgan fingerprint density at radius 3 is 0.960 bits per heavy atom. The van der Waals surface area contributed by atoms with E-state index in [0.29, 0.717) is 59.3 Å². The largest absolute Gasteiger partial charge is 0.466 e. The van der Waals surface area contributed by atoms with Crippen molar-refractivity contribution in [3.63, 3.8) is 0 Å². The molecule has 26 heteroatoms. The molecule has 6 aromatic rings. The van der Waals surface area contributed by atoms with Crippen molar-refractivity contribution in [1.29, 1.82) is 0 Å². The summed E-state index contributed by atoms with van der Waals surface area (Å²) >= 11 is 0. The van der Waals surface area contributed by atoms with Crippen LogP contribution in [0.15, 0.2) is 158 Å². The molecule has 522 valence electrons. The van der Waals surface area contributed by atoms with E-state index >= 15 is 0 Å². The van der Waals surface area contributed by atoms with Crippen LogP contribution >= 0.6 is 0 Å². The second kappa shape index (κ2) is 37.7. The minimum Gasteiger partial charge on any atom is -0.466 e. The van der Waals surface area contributed by atoms with Crippen molar-refractivity contribution in [3.05, 3.63) is 213 Å². The summed E-state index contributed by atoms with van der Waals surface area (Å²) in [6.07, 6.45) is 12.2. The van der Waals surface area contributed by atoms with Crippen molar-refractivity contribution in [2.75, 3.05) is 79.5 Å². The monoisotopic (exact) mass is 1370 g/mol. The maximum atomic E-state index is 14.9. The van der Waals surface area contributed by atoms with E-state index in [1.165, 1.54) is 194 Å². The molecular formula is C74H72N2O24. The molecule has 6 aromatic carbocycles. The summed E-state index contributed by atoms with van der Waals surface area (Å²) < 4.78 is 64.0. The van der Waals surface area contributed by atoms with Crippen LogP contribution in [0.4, 0.5) is 11.4 Å². The van der Waals surface area contributed by atoms with Gasteiger partial charge in [-0.25, -0.2) is 47.9 Å². The Bertz CT molecular complexity index is 3880. The Kier molecular flexibility index (Phi) is 28.9. The van der Waals surface area contributed by atoms with Crippen molar-refractivity contribution >= 4 is 107 Å². The zero-order valence-corrected chi connectivity index (χ0v) is 55.3. The SMILES string of the molecule is COC(=O)C=Cc1ccc(C(=O)OCC(C)(COC(=O)c2ccc(C=CC(=O)OC)cc2)C(=O)Oc2ccc(C(=O)OCCCCCCOC(=O)c3cc(N)cc(N)c3)c(OC(=O)C(C)(COC(=O)c3ccc(C=CC(=O)OC)cc3)COC(=O)c3ccc(C=CC(=O)OC)cc3)c2)cc1. The molecule has 0 aromatic heterocycles. The number of rotatable bonds is 33. The smallest absolute Gasteiger partial charge is 0.341 e. The number of nitrogens with two attached hydrogens (primary N) is 2. The molecule has 6 rings (SSSR count). The summed E-state index contributed by atoms with van der Waals surface area (Å²) in [4.78, 5) is 158. The minimum atomic E-state index is -2.13. The van der Waals surface area contributed by atoms with Crippen LogP contribution in [0.3, 0.4) is 0 Å². The summed E-state index contributed by atoms with van der Waals surface area (Å²) in [7, 11) is 4.82. The van der Waals surface area contributed by atoms with E-state index in [1.54, 1.807) is 0 Å². The molecule has 0 aliphatic rings. The molecule has 0 heterocycles. The third-order valence-electron chi connectivity index (χ3n) is 14.4. The molecule has 0 aliphatic carbocycles. The number of nitrogen functional groups attached to an aromatic ring is 2. The van der Waals surface area contributed by atoms with Gasteiger partial charge in [-0.1, -0.05) is 48.5 Å². The third kappa shape index (κ3) is 24.0. The Morgan fingerprint density at radius 1 is 0.340 bits per heavy atom. The number of hydrogen-bond donors (Lipinski definition) is 2. The highest BCUT2D eigenvalue weighted by Gasteiger charge is 2.42. The lowest BCUT2D eigenvalue weighted by atomic mass is 9.92. The van der Waals surface area contributed by atoms with Crippen LogP contribution in [0.1, 0.15) is 124 Å². The molecule has 0 fully saturated rings. The molecule has 100 heavy (non-hydrogen) atoms. The Morgan fingerprint density at radius 2 is 0.640 bits per heavy atom. The molecule has 4 N–H and O–H groups in total. The summed E-state index contributed by atoms with van der Waals surface area (Å²) in [5, 5.41) is 0. The molecule has 0 atom stereocenters. The summed E-state index contributed by atoms with van der Waals surface area (Å²) in [5.41, 5.74) is 9.84.